The maximum Gasteiger partial charge on any atom is 0.435 e. The monoisotopic (exact) mass is 414 g/mol. The van der Waals surface area contributed by atoms with E-state index in [9.17, 15) is 13.2 Å². The average Bonchev–Trinajstić information content (AvgIpc) is 2.93. The molecule has 0 atom stereocenters. The van der Waals surface area contributed by atoms with Gasteiger partial charge in [-0.3, -0.25) is 0 Å². The third-order valence-corrected chi connectivity index (χ3v) is 5.79. The lowest BCUT2D eigenvalue weighted by molar-refractivity contribution is -0.141. The highest BCUT2D eigenvalue weighted by Gasteiger charge is 2.36. The summed E-state index contributed by atoms with van der Waals surface area (Å²) in [7, 11) is 3.85. The van der Waals surface area contributed by atoms with Gasteiger partial charge in [-0.15, -0.1) is 11.3 Å². The minimum absolute atomic E-state index is 0.00800. The molecule has 0 fully saturated rings. The van der Waals surface area contributed by atoms with Crippen molar-refractivity contribution in [2.75, 3.05) is 30.9 Å². The van der Waals surface area contributed by atoms with E-state index in [1.54, 1.807) is 11.3 Å². The van der Waals surface area contributed by atoms with Crippen molar-refractivity contribution in [1.29, 1.82) is 0 Å². The van der Waals surface area contributed by atoms with Crippen molar-refractivity contribution in [3.63, 3.8) is 0 Å². The van der Waals surface area contributed by atoms with Gasteiger partial charge in [-0.05, 0) is 22.9 Å². The third-order valence-electron chi connectivity index (χ3n) is 2.75. The number of hydrogen-bond acceptors (Lipinski definition) is 6. The Morgan fingerprint density at radius 1 is 1.23 bits per heavy atom. The molecule has 0 spiro atoms. The summed E-state index contributed by atoms with van der Waals surface area (Å²) >= 11 is 5.43. The van der Waals surface area contributed by atoms with E-state index in [1.807, 2.05) is 25.9 Å². The molecule has 0 aliphatic rings. The van der Waals surface area contributed by atoms with E-state index < -0.39 is 11.9 Å². The van der Waals surface area contributed by atoms with Crippen molar-refractivity contribution in [3.05, 3.63) is 20.1 Å². The molecule has 0 aromatic carbocycles. The van der Waals surface area contributed by atoms with Crippen LogP contribution in [-0.4, -0.2) is 30.6 Å². The predicted octanol–water partition coefficient (Wildman–Crippen LogP) is 4.41. The van der Waals surface area contributed by atoms with Crippen molar-refractivity contribution in [1.82, 2.24) is 9.97 Å². The first kappa shape index (κ1) is 17.5. The molecule has 22 heavy (non-hydrogen) atoms. The number of aromatic nitrogens is 2. The second kappa shape index (κ2) is 6.71. The van der Waals surface area contributed by atoms with Crippen LogP contribution in [0.5, 0.6) is 0 Å². The number of rotatable bonds is 5. The van der Waals surface area contributed by atoms with E-state index in [1.165, 1.54) is 0 Å². The lowest BCUT2D eigenvalue weighted by atomic mass is 10.3. The molecule has 122 valence electrons. The van der Waals surface area contributed by atoms with Gasteiger partial charge in [0.05, 0.1) is 5.69 Å². The van der Waals surface area contributed by atoms with Gasteiger partial charge in [0.25, 0.3) is 0 Å². The van der Waals surface area contributed by atoms with Crippen LogP contribution >= 0.6 is 38.6 Å². The van der Waals surface area contributed by atoms with Crippen molar-refractivity contribution in [2.45, 2.75) is 19.5 Å². The highest BCUT2D eigenvalue weighted by atomic mass is 79.9. The number of hydrogen-bond donors (Lipinski definition) is 1. The zero-order chi connectivity index (χ0) is 16.5. The molecular weight excluding hydrogens is 401 g/mol. The fourth-order valence-electron chi connectivity index (χ4n) is 1.67. The lowest BCUT2D eigenvalue weighted by Gasteiger charge is -2.05. The van der Waals surface area contributed by atoms with Crippen LogP contribution in [0.25, 0.3) is 0 Å². The summed E-state index contributed by atoms with van der Waals surface area (Å²) in [5.41, 5.74) is 0.0654. The van der Waals surface area contributed by atoms with E-state index in [0.717, 1.165) is 27.0 Å². The molecule has 1 N–H and O–H groups in total. The zero-order valence-corrected chi connectivity index (χ0v) is 15.3. The molecule has 10 heteroatoms. The summed E-state index contributed by atoms with van der Waals surface area (Å²) in [5, 5.41) is 4.11. The summed E-state index contributed by atoms with van der Waals surface area (Å²) in [6, 6.07) is 0. The highest BCUT2D eigenvalue weighted by molar-refractivity contribution is 9.11. The molecule has 2 aromatic rings. The van der Waals surface area contributed by atoms with Gasteiger partial charge in [0.15, 0.2) is 16.0 Å². The fourth-order valence-corrected chi connectivity index (χ4v) is 4.17. The number of halogens is 4. The molecule has 2 rings (SSSR count). The largest absolute Gasteiger partial charge is 0.435 e. The van der Waals surface area contributed by atoms with Crippen LogP contribution in [-0.2, 0) is 12.6 Å². The quantitative estimate of drug-likeness (QED) is 0.786. The molecule has 4 nitrogen and oxygen atoms in total. The average molecular weight is 415 g/mol. The molecule has 0 unspecified atom stereocenters. The van der Waals surface area contributed by atoms with Crippen molar-refractivity contribution in [2.24, 2.45) is 0 Å². The Balaban J connectivity index is 1.97. The van der Waals surface area contributed by atoms with Gasteiger partial charge in [-0.2, -0.15) is 13.2 Å². The van der Waals surface area contributed by atoms with E-state index in [0.29, 0.717) is 13.0 Å². The van der Waals surface area contributed by atoms with E-state index in [4.69, 9.17) is 0 Å². The zero-order valence-electron chi connectivity index (χ0n) is 12.1. The van der Waals surface area contributed by atoms with Gasteiger partial charge in [0, 0.05) is 31.9 Å². The second-order valence-electron chi connectivity index (χ2n) is 4.72. The predicted molar refractivity (Wildman–Crippen MR) is 88.2 cm³/mol. The topological polar surface area (TPSA) is 41.1 Å². The van der Waals surface area contributed by atoms with Crippen LogP contribution < -0.4 is 10.2 Å². The SMILES string of the molecule is Cc1nc(N(C)C)sc1CCNc1nc(C(F)(F)F)c(Br)s1. The first-order chi connectivity index (χ1) is 10.2. The fraction of sp³-hybridized carbons (Fsp3) is 0.500. The maximum absolute atomic E-state index is 12.7. The number of nitrogens with zero attached hydrogens (tertiary/aromatic N) is 3. The van der Waals surface area contributed by atoms with Crippen LogP contribution in [0.15, 0.2) is 3.79 Å². The van der Waals surface area contributed by atoms with Gasteiger partial charge < -0.3 is 10.2 Å². The normalized spacial score (nSPS) is 11.8. The first-order valence-corrected chi connectivity index (χ1v) is 8.72. The Hall–Kier alpha value is -0.870. The third kappa shape index (κ3) is 4.11. The van der Waals surface area contributed by atoms with Crippen LogP contribution in [0.1, 0.15) is 16.3 Å². The van der Waals surface area contributed by atoms with Crippen molar-refractivity contribution in [3.8, 4) is 0 Å². The number of aryl methyl sites for hydroxylation is 1. The lowest BCUT2D eigenvalue weighted by Crippen LogP contribution is -2.08. The van der Waals surface area contributed by atoms with Crippen LogP contribution in [0.4, 0.5) is 23.4 Å². The Morgan fingerprint density at radius 2 is 1.91 bits per heavy atom. The summed E-state index contributed by atoms with van der Waals surface area (Å²) in [5.74, 6) is 0. The molecule has 0 saturated heterocycles. The summed E-state index contributed by atoms with van der Waals surface area (Å²) < 4.78 is 38.0. The van der Waals surface area contributed by atoms with Crippen LogP contribution in [0.2, 0.25) is 0 Å². The Kier molecular flexibility index (Phi) is 5.33. The molecule has 0 radical (unpaired) electrons. The van der Waals surface area contributed by atoms with Gasteiger partial charge in [-0.25, -0.2) is 9.97 Å². The molecule has 2 heterocycles. The number of alkyl halides is 3. The van der Waals surface area contributed by atoms with Gasteiger partial charge in [0.2, 0.25) is 0 Å². The number of nitrogens with one attached hydrogen (secondary N) is 1. The first-order valence-electron chi connectivity index (χ1n) is 6.29. The molecule has 2 aromatic heterocycles. The summed E-state index contributed by atoms with van der Waals surface area (Å²) in [4.78, 5) is 11.1. The Labute approximate surface area is 142 Å². The van der Waals surface area contributed by atoms with Crippen LogP contribution in [0, 0.1) is 6.92 Å². The van der Waals surface area contributed by atoms with Crippen molar-refractivity contribution < 1.29 is 13.2 Å². The van der Waals surface area contributed by atoms with E-state index >= 15 is 0 Å². The Morgan fingerprint density at radius 3 is 2.41 bits per heavy atom. The highest BCUT2D eigenvalue weighted by Crippen LogP contribution is 2.39. The number of thiazole rings is 2. The minimum Gasteiger partial charge on any atom is -0.361 e. The Bertz CT molecular complexity index is 651. The minimum atomic E-state index is -4.44. The van der Waals surface area contributed by atoms with Gasteiger partial charge in [-0.1, -0.05) is 11.3 Å². The van der Waals surface area contributed by atoms with Crippen LogP contribution in [0.3, 0.4) is 0 Å². The smallest absolute Gasteiger partial charge is 0.361 e. The second-order valence-corrected chi connectivity index (χ2v) is 8.09. The van der Waals surface area contributed by atoms with Gasteiger partial charge >= 0.3 is 6.18 Å². The van der Waals surface area contributed by atoms with Crippen molar-refractivity contribution >= 4 is 48.9 Å². The van der Waals surface area contributed by atoms with E-state index in [-0.39, 0.29) is 8.92 Å². The van der Waals surface area contributed by atoms with Gasteiger partial charge in [0.1, 0.15) is 3.79 Å². The van der Waals surface area contributed by atoms with E-state index in [2.05, 4.69) is 31.2 Å². The maximum atomic E-state index is 12.7. The summed E-state index contributed by atoms with van der Waals surface area (Å²) in [6.07, 6.45) is -3.75. The molecule has 0 bridgehead atoms. The standard InChI is InChI=1S/C12H14BrF3N4S2/c1-6-7(21-11(18-6)20(2)3)4-5-17-10-19-8(9(13)22-10)12(14,15)16/h4-5H2,1-3H3,(H,17,19). The molecule has 0 amide bonds. The number of anilines is 2. The molecular formula is C12H14BrF3N4S2. The molecule has 0 saturated carbocycles. The summed E-state index contributed by atoms with van der Waals surface area (Å²) in [6.45, 7) is 2.44. The molecule has 0 aliphatic heterocycles. The molecule has 0 aliphatic carbocycles.